The van der Waals surface area contributed by atoms with Crippen molar-refractivity contribution >= 4 is 5.97 Å². The summed E-state index contributed by atoms with van der Waals surface area (Å²) in [5.41, 5.74) is 0. The summed E-state index contributed by atoms with van der Waals surface area (Å²) in [4.78, 5) is 11.0. The van der Waals surface area contributed by atoms with Crippen molar-refractivity contribution in [2.24, 2.45) is 0 Å². The Kier molecular flexibility index (Phi) is 18.8. The standard InChI is InChI=1S/C12H24O2.CH4O/c1-3-5-6-7-8-9-11-14-12(13)10-4-2;1-2/h3-11H2,1-2H3;2H,1H3. The molecule has 0 aromatic rings. The van der Waals surface area contributed by atoms with Crippen LogP contribution in [0.4, 0.5) is 0 Å². The molecule has 0 spiro atoms. The summed E-state index contributed by atoms with van der Waals surface area (Å²) < 4.78 is 5.05. The summed E-state index contributed by atoms with van der Waals surface area (Å²) in [5.74, 6) is -0.0407. The van der Waals surface area contributed by atoms with Crippen molar-refractivity contribution in [2.45, 2.75) is 65.2 Å². The molecule has 1 N–H and O–H groups in total. The van der Waals surface area contributed by atoms with E-state index in [1.54, 1.807) is 0 Å². The van der Waals surface area contributed by atoms with Gasteiger partial charge in [-0.05, 0) is 12.8 Å². The number of unbranched alkanes of at least 4 members (excludes halogenated alkanes) is 5. The predicted octanol–water partition coefficient (Wildman–Crippen LogP) is 3.30. The van der Waals surface area contributed by atoms with Crippen LogP contribution in [0.3, 0.4) is 0 Å². The molecule has 0 rings (SSSR count). The predicted molar refractivity (Wildman–Crippen MR) is 67.4 cm³/mol. The van der Waals surface area contributed by atoms with Gasteiger partial charge in [0, 0.05) is 13.5 Å². The first-order valence-corrected chi connectivity index (χ1v) is 6.41. The fraction of sp³-hybridized carbons (Fsp3) is 0.923. The minimum absolute atomic E-state index is 0.0407. The summed E-state index contributed by atoms with van der Waals surface area (Å²) in [6.07, 6.45) is 8.88. The molecule has 3 nitrogen and oxygen atoms in total. The van der Waals surface area contributed by atoms with Crippen LogP contribution in [0.2, 0.25) is 0 Å². The maximum Gasteiger partial charge on any atom is 0.305 e. The fourth-order valence-corrected chi connectivity index (χ4v) is 1.34. The molecule has 0 atom stereocenters. The van der Waals surface area contributed by atoms with E-state index in [-0.39, 0.29) is 5.97 Å². The van der Waals surface area contributed by atoms with Crippen molar-refractivity contribution in [1.82, 2.24) is 0 Å². The highest BCUT2D eigenvalue weighted by Crippen LogP contribution is 2.05. The fourth-order valence-electron chi connectivity index (χ4n) is 1.34. The molecule has 16 heavy (non-hydrogen) atoms. The van der Waals surface area contributed by atoms with E-state index in [9.17, 15) is 4.79 Å². The lowest BCUT2D eigenvalue weighted by Gasteiger charge is -2.03. The van der Waals surface area contributed by atoms with Gasteiger partial charge in [-0.15, -0.1) is 0 Å². The Labute approximate surface area is 100 Å². The Balaban J connectivity index is 0. The third-order valence-electron chi connectivity index (χ3n) is 2.22. The monoisotopic (exact) mass is 232 g/mol. The van der Waals surface area contributed by atoms with Crippen LogP contribution < -0.4 is 0 Å². The summed E-state index contributed by atoms with van der Waals surface area (Å²) in [6, 6.07) is 0. The van der Waals surface area contributed by atoms with Crippen molar-refractivity contribution < 1.29 is 14.6 Å². The highest BCUT2D eigenvalue weighted by molar-refractivity contribution is 5.69. The van der Waals surface area contributed by atoms with Gasteiger partial charge in [-0.25, -0.2) is 0 Å². The van der Waals surface area contributed by atoms with Crippen LogP contribution in [0.25, 0.3) is 0 Å². The van der Waals surface area contributed by atoms with Crippen LogP contribution in [0.5, 0.6) is 0 Å². The molecule has 0 radical (unpaired) electrons. The Hall–Kier alpha value is -0.570. The van der Waals surface area contributed by atoms with Crippen LogP contribution in [-0.2, 0) is 9.53 Å². The van der Waals surface area contributed by atoms with E-state index in [2.05, 4.69) is 6.92 Å². The Morgan fingerprint density at radius 3 is 2.06 bits per heavy atom. The van der Waals surface area contributed by atoms with Gasteiger partial charge in [-0.2, -0.15) is 0 Å². The van der Waals surface area contributed by atoms with Crippen molar-refractivity contribution in [1.29, 1.82) is 0 Å². The SMILES string of the molecule is CCCCCCCCOC(=O)CCC.CO. The first-order chi connectivity index (χ1) is 7.81. The van der Waals surface area contributed by atoms with Gasteiger partial charge in [-0.1, -0.05) is 46.0 Å². The second-order valence-corrected chi connectivity index (χ2v) is 3.74. The molecule has 0 aliphatic heterocycles. The molecule has 0 aliphatic rings. The quantitative estimate of drug-likeness (QED) is 0.490. The molecule has 3 heteroatoms. The van der Waals surface area contributed by atoms with E-state index in [1.165, 1.54) is 32.1 Å². The lowest BCUT2D eigenvalue weighted by Crippen LogP contribution is -2.04. The Bertz CT molecular complexity index is 135. The third kappa shape index (κ3) is 15.9. The van der Waals surface area contributed by atoms with E-state index in [0.717, 1.165) is 20.0 Å². The molecule has 0 saturated heterocycles. The summed E-state index contributed by atoms with van der Waals surface area (Å²) in [5, 5.41) is 7.00. The molecule has 98 valence electrons. The van der Waals surface area contributed by atoms with E-state index >= 15 is 0 Å². The van der Waals surface area contributed by atoms with Crippen LogP contribution >= 0.6 is 0 Å². The van der Waals surface area contributed by atoms with Gasteiger partial charge < -0.3 is 9.84 Å². The summed E-state index contributed by atoms with van der Waals surface area (Å²) in [6.45, 7) is 4.82. The molecule has 0 amide bonds. The molecule has 0 fully saturated rings. The van der Waals surface area contributed by atoms with Crippen molar-refractivity contribution in [3.63, 3.8) is 0 Å². The van der Waals surface area contributed by atoms with Gasteiger partial charge in [0.05, 0.1) is 6.61 Å². The smallest absolute Gasteiger partial charge is 0.305 e. The van der Waals surface area contributed by atoms with Crippen LogP contribution in [0.15, 0.2) is 0 Å². The molecule has 0 aliphatic carbocycles. The van der Waals surface area contributed by atoms with Gasteiger partial charge >= 0.3 is 5.97 Å². The minimum Gasteiger partial charge on any atom is -0.466 e. The number of carbonyl (C=O) groups is 1. The first kappa shape index (κ1) is 17.8. The first-order valence-electron chi connectivity index (χ1n) is 6.41. The van der Waals surface area contributed by atoms with Crippen molar-refractivity contribution in [3.8, 4) is 0 Å². The number of esters is 1. The lowest BCUT2D eigenvalue weighted by molar-refractivity contribution is -0.143. The topological polar surface area (TPSA) is 46.5 Å². The Morgan fingerprint density at radius 2 is 1.50 bits per heavy atom. The van der Waals surface area contributed by atoms with Gasteiger partial charge in [-0.3, -0.25) is 4.79 Å². The number of hydrogen-bond donors (Lipinski definition) is 1. The average molecular weight is 232 g/mol. The Morgan fingerprint density at radius 1 is 0.938 bits per heavy atom. The maximum atomic E-state index is 11.0. The normalized spacial score (nSPS) is 9.25. The minimum atomic E-state index is -0.0407. The number of aliphatic hydroxyl groups excluding tert-OH is 1. The molecule has 0 bridgehead atoms. The molecule has 0 aromatic heterocycles. The molecule has 0 saturated carbocycles. The lowest BCUT2D eigenvalue weighted by atomic mass is 10.1. The van der Waals surface area contributed by atoms with Gasteiger partial charge in [0.25, 0.3) is 0 Å². The average Bonchev–Trinajstić information content (AvgIpc) is 2.31. The van der Waals surface area contributed by atoms with E-state index in [4.69, 9.17) is 9.84 Å². The number of carbonyl (C=O) groups excluding carboxylic acids is 1. The van der Waals surface area contributed by atoms with E-state index in [0.29, 0.717) is 13.0 Å². The van der Waals surface area contributed by atoms with Crippen molar-refractivity contribution in [2.75, 3.05) is 13.7 Å². The number of aliphatic hydroxyl groups is 1. The van der Waals surface area contributed by atoms with Crippen LogP contribution in [-0.4, -0.2) is 24.8 Å². The van der Waals surface area contributed by atoms with Gasteiger partial charge in [0.2, 0.25) is 0 Å². The number of ether oxygens (including phenoxy) is 1. The molecule has 0 aromatic carbocycles. The molecular formula is C13H28O3. The van der Waals surface area contributed by atoms with Gasteiger partial charge in [0.1, 0.15) is 0 Å². The summed E-state index contributed by atoms with van der Waals surface area (Å²) >= 11 is 0. The highest BCUT2D eigenvalue weighted by Gasteiger charge is 1.99. The largest absolute Gasteiger partial charge is 0.466 e. The second kappa shape index (κ2) is 16.8. The molecule has 0 heterocycles. The summed E-state index contributed by atoms with van der Waals surface area (Å²) in [7, 11) is 1.00. The number of hydrogen-bond acceptors (Lipinski definition) is 3. The zero-order valence-corrected chi connectivity index (χ0v) is 11.1. The van der Waals surface area contributed by atoms with E-state index in [1.807, 2.05) is 6.92 Å². The zero-order valence-electron chi connectivity index (χ0n) is 11.1. The van der Waals surface area contributed by atoms with Gasteiger partial charge in [0.15, 0.2) is 0 Å². The zero-order chi connectivity index (χ0) is 12.6. The van der Waals surface area contributed by atoms with Crippen LogP contribution in [0.1, 0.15) is 65.2 Å². The highest BCUT2D eigenvalue weighted by atomic mass is 16.5. The third-order valence-corrected chi connectivity index (χ3v) is 2.22. The van der Waals surface area contributed by atoms with Crippen LogP contribution in [0, 0.1) is 0 Å². The van der Waals surface area contributed by atoms with Crippen molar-refractivity contribution in [3.05, 3.63) is 0 Å². The number of rotatable bonds is 9. The second-order valence-electron chi connectivity index (χ2n) is 3.74. The molecule has 0 unspecified atom stereocenters. The maximum absolute atomic E-state index is 11.0. The molecular weight excluding hydrogens is 204 g/mol. The van der Waals surface area contributed by atoms with E-state index < -0.39 is 0 Å².